The summed E-state index contributed by atoms with van der Waals surface area (Å²) in [6.45, 7) is 14.3. The Morgan fingerprint density at radius 1 is 1.00 bits per heavy atom. The highest BCUT2D eigenvalue weighted by molar-refractivity contribution is 5.91. The van der Waals surface area contributed by atoms with Gasteiger partial charge in [0.05, 0.1) is 22.4 Å². The summed E-state index contributed by atoms with van der Waals surface area (Å²) in [5, 5.41) is 0.876. The van der Waals surface area contributed by atoms with E-state index in [1.165, 1.54) is 0 Å². The van der Waals surface area contributed by atoms with Crippen molar-refractivity contribution < 1.29 is 4.74 Å². The molecule has 3 aromatic rings. The molecule has 0 saturated carbocycles. The largest absolute Gasteiger partial charge is 0.358 e. The van der Waals surface area contributed by atoms with Crippen LogP contribution in [0.1, 0.15) is 65.4 Å². The molecule has 0 aliphatic carbocycles. The number of rotatable bonds is 0. The molecule has 1 aliphatic heterocycles. The second-order valence-corrected chi connectivity index (χ2v) is 9.15. The van der Waals surface area contributed by atoms with E-state index in [4.69, 9.17) is 9.72 Å². The molecule has 0 amide bonds. The van der Waals surface area contributed by atoms with Crippen LogP contribution < -0.4 is 5.56 Å². The maximum atomic E-state index is 12.9. The van der Waals surface area contributed by atoms with Gasteiger partial charge >= 0.3 is 0 Å². The average molecular weight is 351 g/mol. The van der Waals surface area contributed by atoms with Crippen molar-refractivity contribution in [2.24, 2.45) is 0 Å². The zero-order valence-corrected chi connectivity index (χ0v) is 16.5. The second-order valence-electron chi connectivity index (χ2n) is 9.15. The van der Waals surface area contributed by atoms with Crippen LogP contribution in [0.4, 0.5) is 0 Å². The van der Waals surface area contributed by atoms with Gasteiger partial charge in [-0.05, 0) is 45.9 Å². The molecule has 4 rings (SSSR count). The molecule has 26 heavy (non-hydrogen) atoms. The molecule has 5 nitrogen and oxygen atoms in total. The fourth-order valence-corrected chi connectivity index (χ4v) is 4.09. The summed E-state index contributed by atoms with van der Waals surface area (Å²) in [5.74, 6) is 0. The van der Waals surface area contributed by atoms with E-state index in [9.17, 15) is 4.79 Å². The average Bonchev–Trinajstić information content (AvgIpc) is 2.71. The van der Waals surface area contributed by atoms with E-state index in [0.717, 1.165) is 22.3 Å². The van der Waals surface area contributed by atoms with Crippen LogP contribution in [0.25, 0.3) is 16.6 Å². The van der Waals surface area contributed by atoms with Crippen LogP contribution in [0.15, 0.2) is 29.2 Å². The van der Waals surface area contributed by atoms with Crippen molar-refractivity contribution in [3.8, 4) is 0 Å². The van der Waals surface area contributed by atoms with Crippen molar-refractivity contribution in [1.82, 2.24) is 14.4 Å². The third-order valence-corrected chi connectivity index (χ3v) is 5.13. The maximum absolute atomic E-state index is 12.9. The number of aromatic nitrogens is 3. The molecule has 0 N–H and O–H groups in total. The summed E-state index contributed by atoms with van der Waals surface area (Å²) in [6, 6.07) is 6.03. The van der Waals surface area contributed by atoms with E-state index in [1.54, 1.807) is 0 Å². The van der Waals surface area contributed by atoms with Crippen LogP contribution in [0, 0.1) is 0 Å². The van der Waals surface area contributed by atoms with E-state index in [0.29, 0.717) is 11.2 Å². The van der Waals surface area contributed by atoms with Gasteiger partial charge in [-0.2, -0.15) is 4.98 Å². The molecule has 5 heteroatoms. The van der Waals surface area contributed by atoms with Gasteiger partial charge in [0.2, 0.25) is 0 Å². The number of pyridine rings is 2. The van der Waals surface area contributed by atoms with Crippen LogP contribution in [0.3, 0.4) is 0 Å². The van der Waals surface area contributed by atoms with Crippen LogP contribution in [-0.2, 0) is 21.4 Å². The van der Waals surface area contributed by atoms with Gasteiger partial charge in [0.15, 0.2) is 5.65 Å². The van der Waals surface area contributed by atoms with Gasteiger partial charge in [0.1, 0.15) is 5.60 Å². The van der Waals surface area contributed by atoms with Crippen molar-refractivity contribution in [3.63, 3.8) is 0 Å². The number of ether oxygens (including phenoxy) is 1. The molecule has 0 spiro atoms. The lowest BCUT2D eigenvalue weighted by molar-refractivity contribution is -0.106. The fraction of sp³-hybridized carbons (Fsp3) is 0.476. The van der Waals surface area contributed by atoms with Gasteiger partial charge in [-0.1, -0.05) is 20.8 Å². The third kappa shape index (κ3) is 2.30. The predicted molar refractivity (Wildman–Crippen MR) is 103 cm³/mol. The molecule has 0 atom stereocenters. The Morgan fingerprint density at radius 2 is 1.69 bits per heavy atom. The van der Waals surface area contributed by atoms with Crippen molar-refractivity contribution in [2.45, 2.75) is 65.1 Å². The SMILES string of the molecule is CC(C)(C)c1ccc2c(ccn3c4c(c(=O)nc23)C(C)(C)OC4(C)C)n1. The lowest BCUT2D eigenvalue weighted by atomic mass is 9.91. The van der Waals surface area contributed by atoms with E-state index < -0.39 is 11.2 Å². The van der Waals surface area contributed by atoms with Crippen LogP contribution in [-0.4, -0.2) is 14.4 Å². The standard InChI is InChI=1S/C21H25N3O2/c1-19(2,3)14-9-8-12-13(22-14)10-11-24-16-15(18(25)23-17(12)24)20(4,5)26-21(16,6)7/h8-11H,1-7H3. The number of fused-ring (bicyclic) bond motifs is 5. The smallest absolute Gasteiger partial charge is 0.279 e. The summed E-state index contributed by atoms with van der Waals surface area (Å²) in [5.41, 5.74) is 2.52. The molecule has 4 heterocycles. The molecule has 1 aliphatic rings. The predicted octanol–water partition coefficient (Wildman–Crippen LogP) is 4.04. The molecule has 0 radical (unpaired) electrons. The minimum absolute atomic E-state index is 0.0365. The molecule has 0 bridgehead atoms. The van der Waals surface area contributed by atoms with E-state index in [-0.39, 0.29) is 11.0 Å². The summed E-state index contributed by atoms with van der Waals surface area (Å²) in [7, 11) is 0. The minimum atomic E-state index is -0.659. The van der Waals surface area contributed by atoms with Crippen molar-refractivity contribution in [2.75, 3.05) is 0 Å². The summed E-state index contributed by atoms with van der Waals surface area (Å²) >= 11 is 0. The first kappa shape index (κ1) is 17.2. The Kier molecular flexibility index (Phi) is 3.24. The highest BCUT2D eigenvalue weighted by Gasteiger charge is 2.47. The number of nitrogens with zero attached hydrogens (tertiary/aromatic N) is 3. The zero-order chi connectivity index (χ0) is 19.1. The topological polar surface area (TPSA) is 56.5 Å². The van der Waals surface area contributed by atoms with Gasteiger partial charge in [0.25, 0.3) is 5.56 Å². The van der Waals surface area contributed by atoms with E-state index in [1.807, 2.05) is 56.5 Å². The van der Waals surface area contributed by atoms with Crippen LogP contribution in [0.5, 0.6) is 0 Å². The summed E-state index contributed by atoms with van der Waals surface area (Å²) in [6.07, 6.45) is 1.95. The summed E-state index contributed by atoms with van der Waals surface area (Å²) in [4.78, 5) is 22.1. The third-order valence-electron chi connectivity index (χ3n) is 5.13. The fourth-order valence-electron chi connectivity index (χ4n) is 4.09. The lowest BCUT2D eigenvalue weighted by Crippen LogP contribution is -2.27. The maximum Gasteiger partial charge on any atom is 0.279 e. The van der Waals surface area contributed by atoms with E-state index in [2.05, 4.69) is 25.8 Å². The van der Waals surface area contributed by atoms with Crippen LogP contribution in [0.2, 0.25) is 0 Å². The van der Waals surface area contributed by atoms with Gasteiger partial charge in [-0.25, -0.2) is 0 Å². The first-order chi connectivity index (χ1) is 11.9. The molecule has 0 saturated heterocycles. The molecule has 0 fully saturated rings. The lowest BCUT2D eigenvalue weighted by Gasteiger charge is -2.24. The Labute approximate surface area is 153 Å². The first-order valence-corrected chi connectivity index (χ1v) is 8.99. The van der Waals surface area contributed by atoms with Gasteiger partial charge in [0, 0.05) is 22.7 Å². The van der Waals surface area contributed by atoms with Gasteiger partial charge in [-0.15, -0.1) is 0 Å². The molecule has 136 valence electrons. The quantitative estimate of drug-likeness (QED) is 0.574. The van der Waals surface area contributed by atoms with Gasteiger partial charge < -0.3 is 9.14 Å². The molecule has 0 unspecified atom stereocenters. The minimum Gasteiger partial charge on any atom is -0.358 e. The normalized spacial score (nSPS) is 18.4. The Balaban J connectivity index is 2.13. The van der Waals surface area contributed by atoms with Gasteiger partial charge in [-0.3, -0.25) is 9.78 Å². The van der Waals surface area contributed by atoms with E-state index >= 15 is 0 Å². The molecule has 0 aromatic carbocycles. The van der Waals surface area contributed by atoms with Crippen molar-refractivity contribution in [3.05, 3.63) is 51.7 Å². The van der Waals surface area contributed by atoms with Crippen molar-refractivity contribution >= 4 is 16.6 Å². The zero-order valence-electron chi connectivity index (χ0n) is 16.5. The highest BCUT2D eigenvalue weighted by atomic mass is 16.5. The monoisotopic (exact) mass is 351 g/mol. The number of hydrogen-bond donors (Lipinski definition) is 0. The van der Waals surface area contributed by atoms with Crippen LogP contribution >= 0.6 is 0 Å². The number of hydrogen-bond acceptors (Lipinski definition) is 4. The first-order valence-electron chi connectivity index (χ1n) is 8.99. The summed E-state index contributed by atoms with van der Waals surface area (Å²) < 4.78 is 8.19. The Bertz CT molecular complexity index is 1120. The molecule has 3 aromatic heterocycles. The highest BCUT2D eigenvalue weighted by Crippen LogP contribution is 2.45. The second kappa shape index (κ2) is 4.92. The Morgan fingerprint density at radius 3 is 2.35 bits per heavy atom. The molecular weight excluding hydrogens is 326 g/mol. The Hall–Kier alpha value is -2.27. The van der Waals surface area contributed by atoms with Crippen molar-refractivity contribution in [1.29, 1.82) is 0 Å². The molecular formula is C21H25N3O2.